The van der Waals surface area contributed by atoms with Crippen LogP contribution in [0.5, 0.6) is 5.75 Å². The summed E-state index contributed by atoms with van der Waals surface area (Å²) in [5.74, 6) is 2.10. The fraction of sp³-hybridized carbons (Fsp3) is 0.458. The van der Waals surface area contributed by atoms with Crippen LogP contribution in [0.3, 0.4) is 0 Å². The fourth-order valence-corrected chi connectivity index (χ4v) is 5.17. The second-order valence-electron chi connectivity index (χ2n) is 8.43. The molecule has 0 bridgehead atoms. The van der Waals surface area contributed by atoms with E-state index in [1.807, 2.05) is 0 Å². The van der Waals surface area contributed by atoms with Gasteiger partial charge < -0.3 is 14.5 Å². The zero-order valence-electron chi connectivity index (χ0n) is 17.7. The highest BCUT2D eigenvalue weighted by molar-refractivity contribution is 7.13. The molecular formula is C24H30N4OS. The predicted molar refractivity (Wildman–Crippen MR) is 126 cm³/mol. The minimum atomic E-state index is 0.764. The van der Waals surface area contributed by atoms with E-state index in [0.717, 1.165) is 50.9 Å². The molecule has 0 N–H and O–H groups in total. The van der Waals surface area contributed by atoms with Gasteiger partial charge in [-0.3, -0.25) is 4.90 Å². The summed E-state index contributed by atoms with van der Waals surface area (Å²) in [6, 6.07) is 15.2. The number of piperazine rings is 1. The number of rotatable bonds is 6. The molecule has 0 aliphatic carbocycles. The number of likely N-dealkylation sites (tertiary alicyclic amines) is 1. The zero-order chi connectivity index (χ0) is 20.3. The van der Waals surface area contributed by atoms with Crippen molar-refractivity contribution in [1.82, 2.24) is 14.2 Å². The number of ether oxygens (including phenoxy) is 1. The summed E-state index contributed by atoms with van der Waals surface area (Å²) in [6.07, 6.45) is 2.66. The van der Waals surface area contributed by atoms with Gasteiger partial charge in [0.15, 0.2) is 0 Å². The summed E-state index contributed by atoms with van der Waals surface area (Å²) in [7, 11) is 2.19. The number of aromatic nitrogens is 1. The third-order valence-electron chi connectivity index (χ3n) is 6.32. The van der Waals surface area contributed by atoms with Crippen LogP contribution in [0.25, 0.3) is 21.2 Å². The highest BCUT2D eigenvalue weighted by atomic mass is 32.1. The Bertz CT molecular complexity index is 973. The van der Waals surface area contributed by atoms with Gasteiger partial charge in [0.1, 0.15) is 18.2 Å². The maximum atomic E-state index is 5.96. The Morgan fingerprint density at radius 3 is 2.40 bits per heavy atom. The van der Waals surface area contributed by atoms with Gasteiger partial charge in [-0.2, -0.15) is 4.37 Å². The van der Waals surface area contributed by atoms with Crippen molar-refractivity contribution in [3.05, 3.63) is 42.5 Å². The minimum absolute atomic E-state index is 0.764. The molecule has 2 aliphatic rings. The lowest BCUT2D eigenvalue weighted by Crippen LogP contribution is -2.44. The Labute approximate surface area is 183 Å². The molecule has 2 saturated heterocycles. The highest BCUT2D eigenvalue weighted by Gasteiger charge is 2.19. The Morgan fingerprint density at radius 2 is 1.63 bits per heavy atom. The first-order valence-corrected chi connectivity index (χ1v) is 11.8. The Balaban J connectivity index is 1.28. The molecule has 2 aliphatic heterocycles. The second-order valence-corrected chi connectivity index (χ2v) is 9.23. The fourth-order valence-electron chi connectivity index (χ4n) is 4.39. The van der Waals surface area contributed by atoms with Crippen LogP contribution in [0.15, 0.2) is 42.5 Å². The lowest BCUT2D eigenvalue weighted by molar-refractivity contribution is 0.238. The Morgan fingerprint density at radius 1 is 0.900 bits per heavy atom. The quantitative estimate of drug-likeness (QED) is 0.595. The molecule has 3 heterocycles. The lowest BCUT2D eigenvalue weighted by atomic mass is 10.0. The van der Waals surface area contributed by atoms with Gasteiger partial charge in [-0.1, -0.05) is 18.2 Å². The molecule has 0 amide bonds. The van der Waals surface area contributed by atoms with Crippen molar-refractivity contribution >= 4 is 27.4 Å². The summed E-state index contributed by atoms with van der Waals surface area (Å²) in [5.41, 5.74) is 2.46. The summed E-state index contributed by atoms with van der Waals surface area (Å²) < 4.78 is 12.0. The van der Waals surface area contributed by atoms with Crippen LogP contribution < -0.4 is 9.64 Å². The van der Waals surface area contributed by atoms with E-state index in [2.05, 4.69) is 64.2 Å². The number of benzene rings is 2. The maximum Gasteiger partial charge on any atom is 0.150 e. The summed E-state index contributed by atoms with van der Waals surface area (Å²) >= 11 is 1.60. The molecule has 0 radical (unpaired) electrons. The molecule has 2 fully saturated rings. The van der Waals surface area contributed by atoms with Gasteiger partial charge in [-0.15, -0.1) is 0 Å². The molecule has 5 nitrogen and oxygen atoms in total. The smallest absolute Gasteiger partial charge is 0.150 e. The molecule has 1 aromatic heterocycles. The molecule has 0 saturated carbocycles. The molecule has 5 rings (SSSR count). The van der Waals surface area contributed by atoms with E-state index in [4.69, 9.17) is 9.11 Å². The molecule has 0 spiro atoms. The van der Waals surface area contributed by atoms with E-state index < -0.39 is 0 Å². The van der Waals surface area contributed by atoms with E-state index >= 15 is 0 Å². The van der Waals surface area contributed by atoms with Crippen LogP contribution in [0, 0.1) is 0 Å². The maximum absolute atomic E-state index is 5.96. The monoisotopic (exact) mass is 422 g/mol. The van der Waals surface area contributed by atoms with Gasteiger partial charge in [-0.05, 0) is 79.9 Å². The molecular weight excluding hydrogens is 392 g/mol. The van der Waals surface area contributed by atoms with E-state index in [0.29, 0.717) is 0 Å². The first-order valence-electron chi connectivity index (χ1n) is 11.0. The summed E-state index contributed by atoms with van der Waals surface area (Å²) in [4.78, 5) is 7.29. The van der Waals surface area contributed by atoms with Crippen molar-refractivity contribution in [1.29, 1.82) is 0 Å². The van der Waals surface area contributed by atoms with Crippen molar-refractivity contribution in [3.8, 4) is 16.9 Å². The average Bonchev–Trinajstić information content (AvgIpc) is 3.44. The third kappa shape index (κ3) is 4.31. The Hall–Kier alpha value is -2.15. The van der Waals surface area contributed by atoms with Crippen LogP contribution in [-0.4, -0.2) is 73.6 Å². The van der Waals surface area contributed by atoms with Gasteiger partial charge >= 0.3 is 0 Å². The van der Waals surface area contributed by atoms with Crippen LogP contribution in [0.1, 0.15) is 12.8 Å². The van der Waals surface area contributed by atoms with Crippen LogP contribution in [0.2, 0.25) is 0 Å². The zero-order valence-corrected chi connectivity index (χ0v) is 18.5. The molecule has 2 aromatic carbocycles. The van der Waals surface area contributed by atoms with Crippen LogP contribution >= 0.6 is 11.5 Å². The number of hydrogen-bond donors (Lipinski definition) is 0. The van der Waals surface area contributed by atoms with E-state index in [1.165, 1.54) is 47.1 Å². The van der Waals surface area contributed by atoms with E-state index in [1.54, 1.807) is 11.5 Å². The minimum Gasteiger partial charge on any atom is -0.492 e. The second kappa shape index (κ2) is 8.92. The predicted octanol–water partition coefficient (Wildman–Crippen LogP) is 4.19. The molecule has 3 aromatic rings. The van der Waals surface area contributed by atoms with Crippen LogP contribution in [0.4, 0.5) is 5.82 Å². The van der Waals surface area contributed by atoms with Gasteiger partial charge in [0.05, 0.1) is 4.70 Å². The van der Waals surface area contributed by atoms with Crippen molar-refractivity contribution in [2.24, 2.45) is 0 Å². The van der Waals surface area contributed by atoms with Crippen LogP contribution in [-0.2, 0) is 0 Å². The molecule has 0 atom stereocenters. The van der Waals surface area contributed by atoms with Gasteiger partial charge in [-0.25, -0.2) is 0 Å². The first kappa shape index (κ1) is 19.8. The van der Waals surface area contributed by atoms with E-state index in [9.17, 15) is 0 Å². The van der Waals surface area contributed by atoms with Gasteiger partial charge in [0.2, 0.25) is 0 Å². The molecule has 158 valence electrons. The number of nitrogens with zero attached hydrogens (tertiary/aromatic N) is 4. The molecule has 30 heavy (non-hydrogen) atoms. The van der Waals surface area contributed by atoms with Crippen molar-refractivity contribution in [2.75, 3.05) is 64.4 Å². The number of fused-ring (bicyclic) bond motifs is 1. The number of likely N-dealkylation sites (N-methyl/N-ethyl adjacent to an activating group) is 1. The standard InChI is InChI=1S/C24H30N4OS/c1-26-12-14-28(15-13-26)24-22-18-20(6-9-23(22)30-25-24)19-4-7-21(8-5-19)29-17-16-27-10-2-3-11-27/h4-9,18H,2-3,10-17H2,1H3. The molecule has 0 unspecified atom stereocenters. The van der Waals surface area contributed by atoms with Gasteiger partial charge in [0, 0.05) is 38.1 Å². The lowest BCUT2D eigenvalue weighted by Gasteiger charge is -2.32. The Kier molecular flexibility index (Phi) is 5.88. The van der Waals surface area contributed by atoms with Crippen molar-refractivity contribution in [3.63, 3.8) is 0 Å². The topological polar surface area (TPSA) is 31.8 Å². The molecule has 6 heteroatoms. The third-order valence-corrected chi connectivity index (χ3v) is 7.13. The normalized spacial score (nSPS) is 18.4. The average molecular weight is 423 g/mol. The highest BCUT2D eigenvalue weighted by Crippen LogP contribution is 2.34. The number of anilines is 1. The van der Waals surface area contributed by atoms with Crippen molar-refractivity contribution in [2.45, 2.75) is 12.8 Å². The summed E-state index contributed by atoms with van der Waals surface area (Å²) in [6.45, 7) is 8.51. The van der Waals surface area contributed by atoms with E-state index in [-0.39, 0.29) is 0 Å². The SMILES string of the molecule is CN1CCN(c2nsc3ccc(-c4ccc(OCCN5CCCC5)cc4)cc23)CC1. The largest absolute Gasteiger partial charge is 0.492 e. The van der Waals surface area contributed by atoms with Gasteiger partial charge in [0.25, 0.3) is 0 Å². The summed E-state index contributed by atoms with van der Waals surface area (Å²) in [5, 5.41) is 1.27. The van der Waals surface area contributed by atoms with Crippen molar-refractivity contribution < 1.29 is 4.74 Å². The first-order chi connectivity index (χ1) is 14.8. The number of hydrogen-bond acceptors (Lipinski definition) is 6.